The van der Waals surface area contributed by atoms with Crippen LogP contribution in [0.1, 0.15) is 54.7 Å². The van der Waals surface area contributed by atoms with Crippen LogP contribution in [0.2, 0.25) is 0 Å². The predicted molar refractivity (Wildman–Crippen MR) is 103 cm³/mol. The molecule has 1 aliphatic carbocycles. The number of hydrogen-bond acceptors (Lipinski definition) is 0. The van der Waals surface area contributed by atoms with E-state index in [0.29, 0.717) is 0 Å². The van der Waals surface area contributed by atoms with Crippen molar-refractivity contribution in [2.75, 3.05) is 0 Å². The molecule has 0 amide bonds. The Kier molecular flexibility index (Phi) is 5.31. The van der Waals surface area contributed by atoms with Gasteiger partial charge in [-0.25, -0.2) is 0 Å². The largest absolute Gasteiger partial charge is 0.105 e. The third-order valence-corrected chi connectivity index (χ3v) is 5.95. The molecule has 1 aliphatic rings. The van der Waals surface area contributed by atoms with Crippen molar-refractivity contribution in [2.45, 2.75) is 38.0 Å². The molecule has 0 saturated heterocycles. The van der Waals surface area contributed by atoms with Crippen molar-refractivity contribution in [2.24, 2.45) is 0 Å². The van der Waals surface area contributed by atoms with E-state index in [1.54, 1.807) is 0 Å². The fourth-order valence-corrected chi connectivity index (χ4v) is 3.64. The predicted octanol–water partition coefficient (Wildman–Crippen LogP) is 4.13. The molecule has 2 aromatic carbocycles. The quantitative estimate of drug-likeness (QED) is 0.546. The second-order valence-electron chi connectivity index (χ2n) is 6.02. The Labute approximate surface area is 138 Å². The molecule has 2 unspecified atom stereocenters. The molecule has 1 fully saturated rings. The van der Waals surface area contributed by atoms with Crippen LogP contribution in [0.15, 0.2) is 42.5 Å². The van der Waals surface area contributed by atoms with Gasteiger partial charge in [0.15, 0.2) is 0 Å². The first-order chi connectivity index (χ1) is 10.7. The molecule has 3 rings (SSSR count). The molecule has 2 heteroatoms. The zero-order chi connectivity index (χ0) is 15.4. The Morgan fingerprint density at radius 3 is 2.27 bits per heavy atom. The van der Waals surface area contributed by atoms with Crippen LogP contribution in [0.4, 0.5) is 0 Å². The first kappa shape index (κ1) is 15.7. The van der Waals surface area contributed by atoms with Crippen LogP contribution in [0.3, 0.4) is 0 Å². The lowest BCUT2D eigenvalue weighted by Gasteiger charge is -2.21. The molecule has 0 spiro atoms. The van der Waals surface area contributed by atoms with Crippen molar-refractivity contribution in [1.82, 2.24) is 0 Å². The second-order valence-corrected chi connectivity index (χ2v) is 7.21. The van der Waals surface area contributed by atoms with E-state index in [-0.39, 0.29) is 0 Å². The van der Waals surface area contributed by atoms with Gasteiger partial charge in [-0.1, -0.05) is 55.4 Å². The van der Waals surface area contributed by atoms with Gasteiger partial charge in [-0.3, -0.25) is 0 Å². The van der Waals surface area contributed by atoms with Crippen LogP contribution in [0.5, 0.6) is 0 Å². The normalized spacial score (nSPS) is 15.2. The molecule has 112 valence electrons. The molecule has 2 aromatic rings. The van der Waals surface area contributed by atoms with Gasteiger partial charge in [0.25, 0.3) is 0 Å². The zero-order valence-electron chi connectivity index (χ0n) is 12.8. The van der Waals surface area contributed by atoms with Crippen molar-refractivity contribution in [3.63, 3.8) is 0 Å². The van der Waals surface area contributed by atoms with Gasteiger partial charge in [0.1, 0.15) is 0 Å². The maximum atomic E-state index is 3.29. The van der Waals surface area contributed by atoms with Gasteiger partial charge in [0, 0.05) is 11.1 Å². The van der Waals surface area contributed by atoms with Crippen LogP contribution in [-0.2, 0) is 0 Å². The van der Waals surface area contributed by atoms with E-state index in [1.165, 1.54) is 48.3 Å². The lowest BCUT2D eigenvalue weighted by molar-refractivity contribution is 0.443. The summed E-state index contributed by atoms with van der Waals surface area (Å²) in [5, 5.41) is 2.35. The summed E-state index contributed by atoms with van der Waals surface area (Å²) >= 11 is 0. The van der Waals surface area contributed by atoms with Gasteiger partial charge < -0.3 is 0 Å². The summed E-state index contributed by atoms with van der Waals surface area (Å²) < 4.78 is 0. The summed E-state index contributed by atoms with van der Waals surface area (Å²) in [6.07, 6.45) is 6.88. The summed E-state index contributed by atoms with van der Waals surface area (Å²) in [7, 11) is 5.53. The van der Waals surface area contributed by atoms with Gasteiger partial charge in [-0.2, -0.15) is 0 Å². The highest BCUT2D eigenvalue weighted by Crippen LogP contribution is 2.32. The molecular weight excluding hydrogens is 302 g/mol. The van der Waals surface area contributed by atoms with E-state index in [9.17, 15) is 0 Å². The molecular formula is C20H22P2. The maximum Gasteiger partial charge on any atom is 0.0326 e. The standard InChI is InChI=1S/C20H22P2/c21-19-8-4-7-18(20(19)22)14-11-15-9-12-17(13-10-15)16-5-2-1-3-6-16/h4,7-10,12-13,16H,1-3,5-6,21-22H2. The van der Waals surface area contributed by atoms with Gasteiger partial charge in [0.05, 0.1) is 0 Å². The van der Waals surface area contributed by atoms with E-state index in [1.807, 2.05) is 6.07 Å². The molecule has 0 aliphatic heterocycles. The van der Waals surface area contributed by atoms with Crippen LogP contribution < -0.4 is 10.6 Å². The van der Waals surface area contributed by atoms with Crippen LogP contribution in [0, 0.1) is 11.8 Å². The smallest absolute Gasteiger partial charge is 0.0326 e. The molecule has 0 aromatic heterocycles. The van der Waals surface area contributed by atoms with Crippen LogP contribution in [0.25, 0.3) is 0 Å². The summed E-state index contributed by atoms with van der Waals surface area (Å²) in [6.45, 7) is 0. The van der Waals surface area contributed by atoms with Crippen LogP contribution in [-0.4, -0.2) is 0 Å². The van der Waals surface area contributed by atoms with E-state index in [4.69, 9.17) is 0 Å². The molecule has 0 bridgehead atoms. The minimum Gasteiger partial charge on any atom is -0.105 e. The third-order valence-electron chi connectivity index (χ3n) is 4.47. The molecule has 0 heterocycles. The highest BCUT2D eigenvalue weighted by molar-refractivity contribution is 7.36. The van der Waals surface area contributed by atoms with Gasteiger partial charge in [0.2, 0.25) is 0 Å². The monoisotopic (exact) mass is 324 g/mol. The summed E-state index contributed by atoms with van der Waals surface area (Å²) in [4.78, 5) is 0. The average Bonchev–Trinajstić information content (AvgIpc) is 2.57. The van der Waals surface area contributed by atoms with Crippen molar-refractivity contribution < 1.29 is 0 Å². The average molecular weight is 324 g/mol. The number of hydrogen-bond donors (Lipinski definition) is 0. The van der Waals surface area contributed by atoms with Gasteiger partial charge >= 0.3 is 0 Å². The highest BCUT2D eigenvalue weighted by atomic mass is 31.0. The molecule has 22 heavy (non-hydrogen) atoms. The van der Waals surface area contributed by atoms with Crippen molar-refractivity contribution >= 4 is 29.1 Å². The van der Waals surface area contributed by atoms with Crippen molar-refractivity contribution in [3.05, 3.63) is 59.2 Å². The SMILES string of the molecule is Pc1cccc(C#Cc2ccc(C3CCCCC3)cc2)c1P. The summed E-state index contributed by atoms with van der Waals surface area (Å²) in [6, 6.07) is 15.1. The molecule has 0 radical (unpaired) electrons. The Morgan fingerprint density at radius 2 is 1.55 bits per heavy atom. The first-order valence-corrected chi connectivity index (χ1v) is 9.15. The number of rotatable bonds is 1. The lowest BCUT2D eigenvalue weighted by atomic mass is 9.84. The summed E-state index contributed by atoms with van der Waals surface area (Å²) in [5.41, 5.74) is 3.66. The Bertz CT molecular complexity index is 699. The lowest BCUT2D eigenvalue weighted by Crippen LogP contribution is -2.13. The van der Waals surface area contributed by atoms with Crippen molar-refractivity contribution in [3.8, 4) is 11.8 Å². The second kappa shape index (κ2) is 7.42. The number of benzene rings is 2. The third kappa shape index (κ3) is 3.79. The molecule has 2 atom stereocenters. The maximum absolute atomic E-state index is 3.29. The fraction of sp³-hybridized carbons (Fsp3) is 0.300. The fourth-order valence-electron chi connectivity index (χ4n) is 3.11. The van der Waals surface area contributed by atoms with Crippen LogP contribution >= 0.6 is 18.5 Å². The Hall–Kier alpha value is -1.14. The zero-order valence-corrected chi connectivity index (χ0v) is 15.1. The van der Waals surface area contributed by atoms with Gasteiger partial charge in [-0.05, 0) is 53.1 Å². The van der Waals surface area contributed by atoms with E-state index >= 15 is 0 Å². The Morgan fingerprint density at radius 1 is 0.818 bits per heavy atom. The summed E-state index contributed by atoms with van der Waals surface area (Å²) in [5.74, 6) is 7.34. The van der Waals surface area contributed by atoms with Gasteiger partial charge in [-0.15, -0.1) is 18.5 Å². The molecule has 0 nitrogen and oxygen atoms in total. The van der Waals surface area contributed by atoms with E-state index in [0.717, 1.165) is 17.0 Å². The first-order valence-electron chi connectivity index (χ1n) is 8.00. The Balaban J connectivity index is 1.76. The molecule has 1 saturated carbocycles. The molecule has 0 N–H and O–H groups in total. The van der Waals surface area contributed by atoms with E-state index in [2.05, 4.69) is 66.7 Å². The minimum atomic E-state index is 0.767. The highest BCUT2D eigenvalue weighted by Gasteiger charge is 2.14. The topological polar surface area (TPSA) is 0 Å². The van der Waals surface area contributed by atoms with E-state index < -0.39 is 0 Å². The minimum absolute atomic E-state index is 0.767. The van der Waals surface area contributed by atoms with Crippen molar-refractivity contribution in [1.29, 1.82) is 0 Å².